The fourth-order valence-corrected chi connectivity index (χ4v) is 3.06. The monoisotopic (exact) mass is 450 g/mol. The highest BCUT2D eigenvalue weighted by Crippen LogP contribution is 2.40. The van der Waals surface area contributed by atoms with E-state index in [1.807, 2.05) is 0 Å². The van der Waals surface area contributed by atoms with Crippen molar-refractivity contribution in [2.75, 3.05) is 6.61 Å². The number of aliphatic hydroxyl groups excluding tert-OH is 4. The van der Waals surface area contributed by atoms with Crippen molar-refractivity contribution in [3.05, 3.63) is 47.5 Å². The van der Waals surface area contributed by atoms with Crippen LogP contribution in [0.25, 0.3) is 6.08 Å². The van der Waals surface area contributed by atoms with Gasteiger partial charge in [-0.2, -0.15) is 0 Å². The Morgan fingerprint density at radius 2 is 1.62 bits per heavy atom. The molecule has 5 unspecified atom stereocenters. The van der Waals surface area contributed by atoms with Crippen molar-refractivity contribution in [3.63, 3.8) is 0 Å². The largest absolute Gasteiger partial charge is 0.504 e. The van der Waals surface area contributed by atoms with Crippen molar-refractivity contribution in [2.45, 2.75) is 30.7 Å². The van der Waals surface area contributed by atoms with Gasteiger partial charge in [0.15, 0.2) is 28.8 Å². The first-order valence-corrected chi connectivity index (χ1v) is 9.40. The maximum absolute atomic E-state index is 12.5. The summed E-state index contributed by atoms with van der Waals surface area (Å²) in [7, 11) is 0. The van der Waals surface area contributed by atoms with Crippen molar-refractivity contribution < 1.29 is 55.1 Å². The number of aliphatic hydroxyl groups is 4. The van der Waals surface area contributed by atoms with E-state index in [1.54, 1.807) is 0 Å². The second kappa shape index (κ2) is 9.42. The summed E-state index contributed by atoms with van der Waals surface area (Å²) in [6.07, 6.45) is -5.77. The molecule has 11 heteroatoms. The van der Waals surface area contributed by atoms with Gasteiger partial charge in [-0.1, -0.05) is 12.1 Å². The molecule has 11 nitrogen and oxygen atoms in total. The van der Waals surface area contributed by atoms with Crippen LogP contribution < -0.4 is 4.74 Å². The molecule has 2 aromatic carbocycles. The second-order valence-corrected chi connectivity index (χ2v) is 7.07. The number of ketones is 1. The third-order valence-electron chi connectivity index (χ3n) is 4.89. The SMILES string of the molecule is O=C(/C=C/c1ccc(O)c(O)c1)c1ccc(O)c(OC2OC(CO)C(O)C(O)C2O)c1O. The van der Waals surface area contributed by atoms with Crippen molar-refractivity contribution in [1.82, 2.24) is 0 Å². The Morgan fingerprint density at radius 3 is 2.28 bits per heavy atom. The number of hydrogen-bond donors (Lipinski definition) is 8. The molecule has 172 valence electrons. The summed E-state index contributed by atoms with van der Waals surface area (Å²) in [5.74, 6) is -3.46. The lowest BCUT2D eigenvalue weighted by Gasteiger charge is -2.39. The standard InChI is InChI=1S/C21H22O11/c22-8-15-17(28)18(29)19(30)21(31-15)32-20-13(25)6-3-10(16(20)27)11(23)4-1-9-2-5-12(24)14(26)7-9/h1-7,15,17-19,21-22,24-30H,8H2/b4-1+. The zero-order valence-electron chi connectivity index (χ0n) is 16.4. The molecule has 1 aliphatic rings. The number of carbonyl (C=O) groups is 1. The summed E-state index contributed by atoms with van der Waals surface area (Å²) >= 11 is 0. The molecule has 1 heterocycles. The van der Waals surface area contributed by atoms with E-state index in [4.69, 9.17) is 9.47 Å². The van der Waals surface area contributed by atoms with Crippen LogP contribution in [0.5, 0.6) is 28.7 Å². The number of hydrogen-bond acceptors (Lipinski definition) is 11. The van der Waals surface area contributed by atoms with Crippen molar-refractivity contribution in [1.29, 1.82) is 0 Å². The molecule has 3 rings (SSSR count). The number of phenolic OH excluding ortho intramolecular Hbond substituents is 4. The lowest BCUT2D eigenvalue weighted by atomic mass is 9.99. The molecule has 2 aromatic rings. The van der Waals surface area contributed by atoms with Gasteiger partial charge in [0, 0.05) is 0 Å². The highest BCUT2D eigenvalue weighted by atomic mass is 16.7. The summed E-state index contributed by atoms with van der Waals surface area (Å²) in [4.78, 5) is 12.5. The van der Waals surface area contributed by atoms with Gasteiger partial charge in [-0.3, -0.25) is 4.79 Å². The second-order valence-electron chi connectivity index (χ2n) is 7.07. The van der Waals surface area contributed by atoms with E-state index in [1.165, 1.54) is 24.3 Å². The van der Waals surface area contributed by atoms with Crippen LogP contribution >= 0.6 is 0 Å². The molecule has 32 heavy (non-hydrogen) atoms. The quantitative estimate of drug-likeness (QED) is 0.162. The maximum atomic E-state index is 12.5. The van der Waals surface area contributed by atoms with E-state index in [-0.39, 0.29) is 17.1 Å². The third kappa shape index (κ3) is 4.61. The Hall–Kier alpha value is -3.35. The van der Waals surface area contributed by atoms with Crippen LogP contribution in [0.15, 0.2) is 36.4 Å². The smallest absolute Gasteiger partial charge is 0.229 e. The predicted octanol–water partition coefficient (Wildman–Crippen LogP) is -0.416. The Balaban J connectivity index is 1.84. The van der Waals surface area contributed by atoms with Gasteiger partial charge in [-0.25, -0.2) is 0 Å². The molecule has 0 bridgehead atoms. The Bertz CT molecular complexity index is 1020. The van der Waals surface area contributed by atoms with Gasteiger partial charge in [-0.15, -0.1) is 0 Å². The molecule has 0 saturated carbocycles. The number of allylic oxidation sites excluding steroid dienone is 1. The molecule has 0 radical (unpaired) electrons. The molecule has 5 atom stereocenters. The van der Waals surface area contributed by atoms with E-state index in [9.17, 15) is 45.6 Å². The van der Waals surface area contributed by atoms with Crippen LogP contribution in [0.2, 0.25) is 0 Å². The van der Waals surface area contributed by atoms with Crippen LogP contribution in [0, 0.1) is 0 Å². The highest BCUT2D eigenvalue weighted by molar-refractivity contribution is 6.09. The number of ether oxygens (including phenoxy) is 2. The van der Waals surface area contributed by atoms with Crippen molar-refractivity contribution >= 4 is 11.9 Å². The predicted molar refractivity (Wildman–Crippen MR) is 107 cm³/mol. The number of carbonyl (C=O) groups excluding carboxylic acids is 1. The van der Waals surface area contributed by atoms with Gasteiger partial charge >= 0.3 is 0 Å². The van der Waals surface area contributed by atoms with Crippen LogP contribution in [0.3, 0.4) is 0 Å². The summed E-state index contributed by atoms with van der Waals surface area (Å²) in [5.41, 5.74) is 0.0892. The molecule has 0 aromatic heterocycles. The van der Waals surface area contributed by atoms with Gasteiger partial charge in [0.1, 0.15) is 24.4 Å². The van der Waals surface area contributed by atoms with Gasteiger partial charge in [0.05, 0.1) is 12.2 Å². The molecule has 8 N–H and O–H groups in total. The van der Waals surface area contributed by atoms with Crippen molar-refractivity contribution in [3.8, 4) is 28.7 Å². The van der Waals surface area contributed by atoms with E-state index in [0.717, 1.165) is 18.2 Å². The van der Waals surface area contributed by atoms with Crippen LogP contribution in [0.1, 0.15) is 15.9 Å². The number of aromatic hydroxyl groups is 4. The van der Waals surface area contributed by atoms with Gasteiger partial charge in [0.2, 0.25) is 12.0 Å². The van der Waals surface area contributed by atoms with Crippen LogP contribution in [0.4, 0.5) is 0 Å². The molecule has 1 saturated heterocycles. The van der Waals surface area contributed by atoms with Gasteiger partial charge < -0.3 is 50.3 Å². The first-order chi connectivity index (χ1) is 15.1. The minimum Gasteiger partial charge on any atom is -0.504 e. The van der Waals surface area contributed by atoms with E-state index < -0.39 is 60.3 Å². The average molecular weight is 450 g/mol. The molecule has 0 aliphatic carbocycles. The first kappa shape index (κ1) is 23.3. The Labute approximate surface area is 181 Å². The lowest BCUT2D eigenvalue weighted by Crippen LogP contribution is -2.60. The average Bonchev–Trinajstić information content (AvgIpc) is 2.77. The fourth-order valence-electron chi connectivity index (χ4n) is 3.06. The fraction of sp³-hybridized carbons (Fsp3) is 0.286. The van der Waals surface area contributed by atoms with Gasteiger partial charge in [0.25, 0.3) is 0 Å². The molecular weight excluding hydrogens is 428 g/mol. The zero-order valence-corrected chi connectivity index (χ0v) is 16.4. The third-order valence-corrected chi connectivity index (χ3v) is 4.89. The van der Waals surface area contributed by atoms with Crippen LogP contribution in [-0.4, -0.2) is 83.9 Å². The lowest BCUT2D eigenvalue weighted by molar-refractivity contribution is -0.277. The molecular formula is C21H22O11. The Kier molecular flexibility index (Phi) is 6.87. The van der Waals surface area contributed by atoms with Crippen LogP contribution in [-0.2, 0) is 4.74 Å². The number of rotatable bonds is 6. The zero-order chi connectivity index (χ0) is 23.6. The first-order valence-electron chi connectivity index (χ1n) is 9.40. The minimum atomic E-state index is -1.80. The number of phenols is 4. The molecule has 0 spiro atoms. The molecule has 1 fully saturated rings. The molecule has 1 aliphatic heterocycles. The van der Waals surface area contributed by atoms with E-state index in [2.05, 4.69) is 0 Å². The summed E-state index contributed by atoms with van der Waals surface area (Å²) < 4.78 is 10.4. The van der Waals surface area contributed by atoms with E-state index in [0.29, 0.717) is 5.56 Å². The normalized spacial score (nSPS) is 25.7. The van der Waals surface area contributed by atoms with Gasteiger partial charge in [-0.05, 0) is 35.9 Å². The Morgan fingerprint density at radius 1 is 0.938 bits per heavy atom. The number of benzene rings is 2. The molecule has 0 amide bonds. The van der Waals surface area contributed by atoms with E-state index >= 15 is 0 Å². The highest BCUT2D eigenvalue weighted by Gasteiger charge is 2.45. The summed E-state index contributed by atoms with van der Waals surface area (Å²) in [6, 6.07) is 6.04. The minimum absolute atomic E-state index is 0.290. The topological polar surface area (TPSA) is 197 Å². The maximum Gasteiger partial charge on any atom is 0.229 e. The summed E-state index contributed by atoms with van der Waals surface area (Å²) in [6.45, 7) is -0.709. The summed E-state index contributed by atoms with van der Waals surface area (Å²) in [5, 5.41) is 78.3. The van der Waals surface area contributed by atoms with Crippen molar-refractivity contribution in [2.24, 2.45) is 0 Å².